The normalized spacial score (nSPS) is 4.00. The van der Waals surface area contributed by atoms with E-state index in [4.69, 9.17) is 15.0 Å². The van der Waals surface area contributed by atoms with E-state index in [1.807, 2.05) is 0 Å². The van der Waals surface area contributed by atoms with Crippen molar-refractivity contribution in [1.29, 1.82) is 0 Å². The molecule has 0 aliphatic rings. The van der Waals surface area contributed by atoms with Crippen LogP contribution in [0.1, 0.15) is 0 Å². The Kier molecular flexibility index (Phi) is 25.6. The van der Waals surface area contributed by atoms with E-state index in [9.17, 15) is 0 Å². The predicted molar refractivity (Wildman–Crippen MR) is 10.7 cm³/mol. The second-order valence-electron chi connectivity index (χ2n) is 0.283. The van der Waals surface area contributed by atoms with E-state index < -0.39 is 6.16 Å². The van der Waals surface area contributed by atoms with E-state index >= 15 is 0 Å². The first-order chi connectivity index (χ1) is 1.73. The Balaban J connectivity index is -0.0000000450. The molecular formula is CH2O3ThU. The number of carbonyl (C=O) groups is 1. The van der Waals surface area contributed by atoms with E-state index in [1.54, 1.807) is 0 Å². The third-order valence-corrected chi connectivity index (χ3v) is 0. The van der Waals surface area contributed by atoms with Crippen LogP contribution in [0.15, 0.2) is 0 Å². The van der Waals surface area contributed by atoms with Gasteiger partial charge in [0.15, 0.2) is 0 Å². The van der Waals surface area contributed by atoms with Crippen molar-refractivity contribution in [2.45, 2.75) is 0 Å². The van der Waals surface area contributed by atoms with Crippen LogP contribution in [0.5, 0.6) is 0 Å². The first-order valence-electron chi connectivity index (χ1n) is 0.651. The summed E-state index contributed by atoms with van der Waals surface area (Å²) in [4.78, 5) is 8.56. The van der Waals surface area contributed by atoms with Crippen molar-refractivity contribution in [1.82, 2.24) is 0 Å². The monoisotopic (exact) mass is 532 g/mol. The van der Waals surface area contributed by atoms with E-state index in [1.165, 1.54) is 0 Å². The van der Waals surface area contributed by atoms with Gasteiger partial charge in [-0.2, -0.15) is 0 Å². The number of hydrogen-bond donors (Lipinski definition) is 2. The number of hydrogen-bond acceptors (Lipinski definition) is 1. The van der Waals surface area contributed by atoms with Gasteiger partial charge in [-0.25, -0.2) is 4.79 Å². The topological polar surface area (TPSA) is 57.5 Å². The molecule has 0 fully saturated rings. The van der Waals surface area contributed by atoms with E-state index in [0.717, 1.165) is 0 Å². The maximum Gasteiger partial charge on any atom is 0.503 e. The van der Waals surface area contributed by atoms with Gasteiger partial charge in [0, 0.05) is 71.1 Å². The SMILES string of the molecule is O=C(O)O.[Th].[U]. The van der Waals surface area contributed by atoms with Gasteiger partial charge >= 0.3 is 6.16 Å². The van der Waals surface area contributed by atoms with Crippen LogP contribution in [-0.4, -0.2) is 16.4 Å². The standard InChI is InChI=1S/CH2O3.Th.U/c2-1(3)4;;/h(H2,2,3,4);;. The molecule has 6 heavy (non-hydrogen) atoms. The molecule has 0 saturated carbocycles. The first-order valence-corrected chi connectivity index (χ1v) is 0.651. The van der Waals surface area contributed by atoms with Crippen LogP contribution in [0.3, 0.4) is 0 Å². The average Bonchev–Trinajstić information content (AvgIpc) is 0.811. The van der Waals surface area contributed by atoms with Gasteiger partial charge in [0.05, 0.1) is 0 Å². The van der Waals surface area contributed by atoms with E-state index in [2.05, 4.69) is 0 Å². The molecule has 0 saturated heterocycles. The minimum atomic E-state index is -1.83. The molecule has 0 aromatic carbocycles. The van der Waals surface area contributed by atoms with Gasteiger partial charge in [-0.15, -0.1) is 0 Å². The zero-order chi connectivity index (χ0) is 3.58. The Hall–Kier alpha value is 1.65. The van der Waals surface area contributed by atoms with Crippen molar-refractivity contribution in [2.75, 3.05) is 0 Å². The zero-order valence-corrected chi connectivity index (χ0v) is 11.1. The summed E-state index contributed by atoms with van der Waals surface area (Å²) in [5.41, 5.74) is 0. The fourth-order valence-electron chi connectivity index (χ4n) is 0. The molecule has 0 bridgehead atoms. The summed E-state index contributed by atoms with van der Waals surface area (Å²) in [6.07, 6.45) is -1.83. The number of rotatable bonds is 0. The largest absolute Gasteiger partial charge is 0.503 e. The van der Waals surface area contributed by atoms with Crippen LogP contribution in [0.2, 0.25) is 0 Å². The molecule has 0 spiro atoms. The molecule has 2 N–H and O–H groups in total. The van der Waals surface area contributed by atoms with Crippen LogP contribution < -0.4 is 0 Å². The van der Waals surface area contributed by atoms with Crippen LogP contribution >= 0.6 is 0 Å². The molecule has 0 heterocycles. The van der Waals surface area contributed by atoms with Gasteiger partial charge in [0.2, 0.25) is 0 Å². The predicted octanol–water partition coefficient (Wildman–Crippen LogP) is 0.222. The number of carboxylic acid groups (broad SMARTS) is 2. The van der Waals surface area contributed by atoms with Crippen molar-refractivity contribution < 1.29 is 86.1 Å². The second kappa shape index (κ2) is 9.82. The fraction of sp³-hybridized carbons (Fsp3) is 0. The van der Waals surface area contributed by atoms with Gasteiger partial charge in [-0.3, -0.25) is 0 Å². The summed E-state index contributed by atoms with van der Waals surface area (Å²) in [6, 6.07) is 0. The first kappa shape index (κ1) is 15.6. The van der Waals surface area contributed by atoms with Crippen LogP contribution in [-0.2, 0) is 0 Å². The molecule has 32 valence electrons. The minimum Gasteiger partial charge on any atom is -0.450 e. The molecule has 0 atom stereocenters. The van der Waals surface area contributed by atoms with Crippen molar-refractivity contribution in [3.05, 3.63) is 0 Å². The third kappa shape index (κ3) is 45.0. The van der Waals surface area contributed by atoms with E-state index in [0.29, 0.717) is 0 Å². The summed E-state index contributed by atoms with van der Waals surface area (Å²) in [5, 5.41) is 13.9. The molecule has 0 aromatic heterocycles. The van der Waals surface area contributed by atoms with Crippen molar-refractivity contribution in [3.63, 3.8) is 0 Å². The average molecular weight is 532 g/mol. The van der Waals surface area contributed by atoms with Gasteiger partial charge in [0.1, 0.15) is 0 Å². The van der Waals surface area contributed by atoms with Crippen LogP contribution in [0.25, 0.3) is 0 Å². The van der Waals surface area contributed by atoms with Gasteiger partial charge in [-0.1, -0.05) is 0 Å². The summed E-state index contributed by atoms with van der Waals surface area (Å²) in [7, 11) is 0. The fourth-order valence-corrected chi connectivity index (χ4v) is 0. The molecule has 5 heteroatoms. The molecule has 0 aliphatic carbocycles. The third-order valence-electron chi connectivity index (χ3n) is 0. The van der Waals surface area contributed by atoms with Gasteiger partial charge < -0.3 is 10.2 Å². The summed E-state index contributed by atoms with van der Waals surface area (Å²) in [5.74, 6) is 0. The minimum absolute atomic E-state index is 0. The van der Waals surface area contributed by atoms with Crippen molar-refractivity contribution >= 4 is 6.16 Å². The molecule has 0 radical (unpaired) electrons. The van der Waals surface area contributed by atoms with Gasteiger partial charge in [0.25, 0.3) is 0 Å². The molecule has 3 nitrogen and oxygen atoms in total. The maximum atomic E-state index is 8.56. The quantitative estimate of drug-likeness (QED) is 0.470. The smallest absolute Gasteiger partial charge is 0.450 e. The Bertz CT molecular complexity index is 33.8. The second-order valence-corrected chi connectivity index (χ2v) is 0.283. The molecule has 0 aliphatic heterocycles. The molecule has 0 unspecified atom stereocenters. The molecule has 0 rings (SSSR count). The zero-order valence-electron chi connectivity index (χ0n) is 2.80. The molecule has 0 amide bonds. The Morgan fingerprint density at radius 3 is 1.33 bits per heavy atom. The molecular weight excluding hydrogens is 530 g/mol. The Labute approximate surface area is 90.6 Å². The summed E-state index contributed by atoms with van der Waals surface area (Å²) in [6.45, 7) is 0. The summed E-state index contributed by atoms with van der Waals surface area (Å²) < 4.78 is 0. The van der Waals surface area contributed by atoms with Crippen molar-refractivity contribution in [3.8, 4) is 0 Å². The van der Waals surface area contributed by atoms with Crippen LogP contribution in [0.4, 0.5) is 4.79 Å². The van der Waals surface area contributed by atoms with Crippen LogP contribution in [0, 0.1) is 71.1 Å². The Morgan fingerprint density at radius 1 is 1.33 bits per heavy atom. The Morgan fingerprint density at radius 2 is 1.33 bits per heavy atom. The maximum absolute atomic E-state index is 8.56. The summed E-state index contributed by atoms with van der Waals surface area (Å²) >= 11 is 0. The van der Waals surface area contributed by atoms with E-state index in [-0.39, 0.29) is 71.1 Å². The molecule has 0 aromatic rings. The van der Waals surface area contributed by atoms with Gasteiger partial charge in [-0.05, 0) is 0 Å². The van der Waals surface area contributed by atoms with Crippen molar-refractivity contribution in [2.24, 2.45) is 0 Å².